The third-order valence-electron chi connectivity index (χ3n) is 2.45. The van der Waals surface area contributed by atoms with Crippen LogP contribution < -0.4 is 0 Å². The van der Waals surface area contributed by atoms with Crippen LogP contribution >= 0.6 is 0 Å². The summed E-state index contributed by atoms with van der Waals surface area (Å²) >= 11 is 0. The van der Waals surface area contributed by atoms with Crippen molar-refractivity contribution in [3.63, 3.8) is 0 Å². The van der Waals surface area contributed by atoms with Gasteiger partial charge in [-0.05, 0) is 5.39 Å². The van der Waals surface area contributed by atoms with Crippen LogP contribution in [0.5, 0.6) is 0 Å². The highest BCUT2D eigenvalue weighted by molar-refractivity contribution is 7.86. The number of fused-ring (bicyclic) bond motifs is 1. The van der Waals surface area contributed by atoms with Crippen molar-refractivity contribution in [2.75, 3.05) is 0 Å². The van der Waals surface area contributed by atoms with E-state index in [2.05, 4.69) is 0 Å². The first-order valence-electron chi connectivity index (χ1n) is 4.76. The summed E-state index contributed by atoms with van der Waals surface area (Å²) in [6.45, 7) is 0. The Morgan fingerprint density at radius 2 is 1.65 bits per heavy atom. The third-order valence-corrected chi connectivity index (χ3v) is 3.42. The summed E-state index contributed by atoms with van der Waals surface area (Å²) in [6, 6.07) is 9.28. The Morgan fingerprint density at radius 3 is 2.24 bits per heavy atom. The maximum absolute atomic E-state index is 11.3. The van der Waals surface area contributed by atoms with Crippen molar-refractivity contribution in [2.24, 2.45) is 0 Å². The van der Waals surface area contributed by atoms with Gasteiger partial charge in [-0.2, -0.15) is 8.42 Å². The zero-order valence-electron chi connectivity index (χ0n) is 8.61. The van der Waals surface area contributed by atoms with E-state index < -0.39 is 21.3 Å². The second kappa shape index (κ2) is 4.08. The fourth-order valence-electron chi connectivity index (χ4n) is 1.75. The second-order valence-electron chi connectivity index (χ2n) is 3.55. The van der Waals surface area contributed by atoms with Gasteiger partial charge in [-0.3, -0.25) is 4.55 Å². The van der Waals surface area contributed by atoms with Crippen LogP contribution in [0.3, 0.4) is 0 Å². The minimum atomic E-state index is -4.53. The van der Waals surface area contributed by atoms with Crippen LogP contribution in [-0.4, -0.2) is 23.2 Å². The Hall–Kier alpha value is -1.47. The average molecular weight is 254 g/mol. The number of hydrogen-bond donors (Lipinski definition) is 3. The quantitative estimate of drug-likeness (QED) is 0.550. The molecule has 5 nitrogen and oxygen atoms in total. The molecule has 6 heteroatoms. The Kier molecular flexibility index (Phi) is 2.88. The monoisotopic (exact) mass is 254 g/mol. The normalized spacial score (nSPS) is 12.2. The Labute approximate surface area is 97.7 Å². The zero-order valence-corrected chi connectivity index (χ0v) is 9.42. The summed E-state index contributed by atoms with van der Waals surface area (Å²) in [5.41, 5.74) is -0.244. The Bertz CT molecular complexity index is 661. The van der Waals surface area contributed by atoms with Crippen LogP contribution in [0.25, 0.3) is 10.8 Å². The van der Waals surface area contributed by atoms with E-state index in [4.69, 9.17) is 14.8 Å². The molecule has 3 N–H and O–H groups in total. The summed E-state index contributed by atoms with van der Waals surface area (Å²) in [4.78, 5) is -0.467. The fourth-order valence-corrected chi connectivity index (χ4v) is 2.69. The molecule has 0 saturated heterocycles. The lowest BCUT2D eigenvalue weighted by Gasteiger charge is -2.11. The molecule has 17 heavy (non-hydrogen) atoms. The molecule has 0 aromatic heterocycles. The van der Waals surface area contributed by atoms with Gasteiger partial charge < -0.3 is 10.2 Å². The van der Waals surface area contributed by atoms with Gasteiger partial charge in [-0.25, -0.2) is 0 Å². The summed E-state index contributed by atoms with van der Waals surface area (Å²) in [6.07, 6.45) is -1.96. The lowest BCUT2D eigenvalue weighted by atomic mass is 10.1. The van der Waals surface area contributed by atoms with E-state index in [1.54, 1.807) is 24.3 Å². The standard InChI is InChI=1S/C11H10O5S/c12-11(13)9-6-5-7-3-1-2-4-8(7)10(9)17(14,15)16/h1-6,11-13H,(H,14,15,16). The third kappa shape index (κ3) is 2.16. The number of rotatable bonds is 2. The van der Waals surface area contributed by atoms with E-state index in [9.17, 15) is 8.42 Å². The van der Waals surface area contributed by atoms with E-state index in [1.807, 2.05) is 0 Å². The average Bonchev–Trinajstić information content (AvgIpc) is 2.26. The smallest absolute Gasteiger partial charge is 0.295 e. The SMILES string of the molecule is O=S(=O)(O)c1c(C(O)O)ccc2ccccc12. The van der Waals surface area contributed by atoms with Crippen molar-refractivity contribution in [3.05, 3.63) is 42.0 Å². The van der Waals surface area contributed by atoms with Crippen LogP contribution in [-0.2, 0) is 10.1 Å². The molecule has 0 bridgehead atoms. The van der Waals surface area contributed by atoms with Crippen molar-refractivity contribution in [1.29, 1.82) is 0 Å². The minimum Gasteiger partial charge on any atom is -0.364 e. The van der Waals surface area contributed by atoms with E-state index >= 15 is 0 Å². The van der Waals surface area contributed by atoms with Crippen molar-refractivity contribution in [1.82, 2.24) is 0 Å². The van der Waals surface area contributed by atoms with Gasteiger partial charge in [0.1, 0.15) is 4.90 Å². The van der Waals surface area contributed by atoms with Crippen molar-refractivity contribution < 1.29 is 23.2 Å². The molecule has 2 aromatic rings. The van der Waals surface area contributed by atoms with E-state index in [-0.39, 0.29) is 10.9 Å². The molecule has 0 saturated carbocycles. The molecule has 0 heterocycles. The van der Waals surface area contributed by atoms with Gasteiger partial charge in [0.2, 0.25) is 0 Å². The molecule has 0 unspecified atom stereocenters. The molecule has 0 atom stereocenters. The van der Waals surface area contributed by atoms with Crippen LogP contribution in [0.2, 0.25) is 0 Å². The van der Waals surface area contributed by atoms with E-state index in [0.29, 0.717) is 5.39 Å². The van der Waals surface area contributed by atoms with Crippen LogP contribution in [0.4, 0.5) is 0 Å². The van der Waals surface area contributed by atoms with Gasteiger partial charge in [-0.15, -0.1) is 0 Å². The first kappa shape index (κ1) is 12.0. The topological polar surface area (TPSA) is 94.8 Å². The molecule has 0 fully saturated rings. The fraction of sp³-hybridized carbons (Fsp3) is 0.0909. The molecule has 90 valence electrons. The maximum Gasteiger partial charge on any atom is 0.295 e. The molecule has 0 aliphatic rings. The molecule has 2 aromatic carbocycles. The van der Waals surface area contributed by atoms with Crippen molar-refractivity contribution in [2.45, 2.75) is 11.2 Å². The number of benzene rings is 2. The molecular formula is C11H10O5S. The highest BCUT2D eigenvalue weighted by atomic mass is 32.2. The maximum atomic E-state index is 11.3. The molecular weight excluding hydrogens is 244 g/mol. The predicted octanol–water partition coefficient (Wildman–Crippen LogP) is 1.07. The van der Waals surface area contributed by atoms with Crippen LogP contribution in [0.15, 0.2) is 41.3 Å². The zero-order chi connectivity index (χ0) is 12.6. The molecule has 0 amide bonds. The number of hydrogen-bond acceptors (Lipinski definition) is 4. The minimum absolute atomic E-state index is 0.244. The molecule has 2 rings (SSSR count). The van der Waals surface area contributed by atoms with Gasteiger partial charge in [-0.1, -0.05) is 36.4 Å². The van der Waals surface area contributed by atoms with Crippen molar-refractivity contribution in [3.8, 4) is 0 Å². The molecule has 0 aliphatic carbocycles. The van der Waals surface area contributed by atoms with Gasteiger partial charge in [0.25, 0.3) is 10.1 Å². The lowest BCUT2D eigenvalue weighted by Crippen LogP contribution is -2.07. The highest BCUT2D eigenvalue weighted by Crippen LogP contribution is 2.29. The second-order valence-corrected chi connectivity index (χ2v) is 4.91. The molecule has 0 spiro atoms. The summed E-state index contributed by atoms with van der Waals surface area (Å²) in [5, 5.41) is 19.1. The van der Waals surface area contributed by atoms with Gasteiger partial charge >= 0.3 is 0 Å². The van der Waals surface area contributed by atoms with Crippen LogP contribution in [0, 0.1) is 0 Å². The first-order chi connectivity index (χ1) is 7.91. The summed E-state index contributed by atoms with van der Waals surface area (Å²) in [7, 11) is -4.53. The first-order valence-corrected chi connectivity index (χ1v) is 6.20. The van der Waals surface area contributed by atoms with Gasteiger partial charge in [0, 0.05) is 10.9 Å². The number of aliphatic hydroxyl groups is 2. The molecule has 0 aliphatic heterocycles. The van der Waals surface area contributed by atoms with Gasteiger partial charge in [0.05, 0.1) is 0 Å². The van der Waals surface area contributed by atoms with Gasteiger partial charge in [0.15, 0.2) is 6.29 Å². The highest BCUT2D eigenvalue weighted by Gasteiger charge is 2.22. The molecule has 0 radical (unpaired) electrons. The lowest BCUT2D eigenvalue weighted by molar-refractivity contribution is -0.0445. The Morgan fingerprint density at radius 1 is 1.00 bits per heavy atom. The van der Waals surface area contributed by atoms with Crippen LogP contribution in [0.1, 0.15) is 11.9 Å². The van der Waals surface area contributed by atoms with Crippen molar-refractivity contribution >= 4 is 20.9 Å². The Balaban J connectivity index is 2.95. The number of aliphatic hydroxyl groups excluding tert-OH is 1. The summed E-state index contributed by atoms with van der Waals surface area (Å²) in [5.74, 6) is 0. The van der Waals surface area contributed by atoms with E-state index in [1.165, 1.54) is 12.1 Å². The predicted molar refractivity (Wildman–Crippen MR) is 60.9 cm³/mol. The van der Waals surface area contributed by atoms with E-state index in [0.717, 1.165) is 0 Å². The largest absolute Gasteiger partial charge is 0.364 e. The summed E-state index contributed by atoms with van der Waals surface area (Å²) < 4.78 is 31.8.